The van der Waals surface area contributed by atoms with E-state index in [4.69, 9.17) is 0 Å². The molecule has 1 aliphatic carbocycles. The van der Waals surface area contributed by atoms with Crippen LogP contribution in [0.4, 0.5) is 0 Å². The van der Waals surface area contributed by atoms with E-state index in [9.17, 15) is 0 Å². The van der Waals surface area contributed by atoms with Gasteiger partial charge in [0.1, 0.15) is 0 Å². The summed E-state index contributed by atoms with van der Waals surface area (Å²) in [5.74, 6) is 8.02. The first-order chi connectivity index (χ1) is 7.77. The molecule has 3 atom stereocenters. The number of hydrogen-bond donors (Lipinski definition) is 1. The number of hydrogen-bond acceptors (Lipinski definition) is 1. The van der Waals surface area contributed by atoms with Crippen LogP contribution in [0.15, 0.2) is 0 Å². The van der Waals surface area contributed by atoms with Crippen molar-refractivity contribution >= 4 is 0 Å². The number of nitrogens with one attached hydrogen (secondary N) is 1. The van der Waals surface area contributed by atoms with E-state index in [-0.39, 0.29) is 0 Å². The van der Waals surface area contributed by atoms with Gasteiger partial charge in [-0.15, -0.1) is 11.8 Å². The lowest BCUT2D eigenvalue weighted by molar-refractivity contribution is 0.217. The van der Waals surface area contributed by atoms with Crippen molar-refractivity contribution in [2.45, 2.75) is 65.3 Å². The van der Waals surface area contributed by atoms with Gasteiger partial charge in [-0.1, -0.05) is 26.7 Å². The Morgan fingerprint density at radius 1 is 1.38 bits per heavy atom. The van der Waals surface area contributed by atoms with Crippen molar-refractivity contribution in [2.24, 2.45) is 11.8 Å². The van der Waals surface area contributed by atoms with Gasteiger partial charge in [0.25, 0.3) is 0 Å². The van der Waals surface area contributed by atoms with Gasteiger partial charge in [-0.25, -0.2) is 0 Å². The molecule has 0 aromatic carbocycles. The van der Waals surface area contributed by atoms with E-state index in [2.05, 4.69) is 31.0 Å². The van der Waals surface area contributed by atoms with Gasteiger partial charge in [0.2, 0.25) is 0 Å². The van der Waals surface area contributed by atoms with Gasteiger partial charge in [-0.05, 0) is 44.6 Å². The van der Waals surface area contributed by atoms with Crippen molar-refractivity contribution in [3.05, 3.63) is 0 Å². The highest BCUT2D eigenvalue weighted by atomic mass is 14.9. The van der Waals surface area contributed by atoms with Crippen molar-refractivity contribution in [1.82, 2.24) is 5.32 Å². The van der Waals surface area contributed by atoms with E-state index in [0.29, 0.717) is 6.04 Å². The van der Waals surface area contributed by atoms with Crippen molar-refractivity contribution in [3.8, 4) is 11.8 Å². The largest absolute Gasteiger partial charge is 0.314 e. The highest BCUT2D eigenvalue weighted by molar-refractivity contribution is 4.96. The van der Waals surface area contributed by atoms with Gasteiger partial charge < -0.3 is 5.32 Å². The average molecular weight is 221 g/mol. The maximum Gasteiger partial charge on any atom is 0.0104 e. The first-order valence-corrected chi connectivity index (χ1v) is 6.90. The summed E-state index contributed by atoms with van der Waals surface area (Å²) in [5, 5.41) is 3.66. The topological polar surface area (TPSA) is 12.0 Å². The molecule has 1 rings (SSSR count). The normalized spacial score (nSPS) is 26.9. The van der Waals surface area contributed by atoms with Gasteiger partial charge in [0.05, 0.1) is 0 Å². The summed E-state index contributed by atoms with van der Waals surface area (Å²) in [6.45, 7) is 7.64. The van der Waals surface area contributed by atoms with E-state index in [1.54, 1.807) is 0 Å². The second-order valence-electron chi connectivity index (χ2n) is 5.16. The Labute approximate surface area is 101 Å². The predicted octanol–water partition coefficient (Wildman–Crippen LogP) is 3.59. The Bertz CT molecular complexity index is 236. The Balaban J connectivity index is 2.42. The second kappa shape index (κ2) is 7.74. The molecular weight excluding hydrogens is 194 g/mol. The summed E-state index contributed by atoms with van der Waals surface area (Å²) < 4.78 is 0. The minimum atomic E-state index is 0.702. The van der Waals surface area contributed by atoms with Crippen molar-refractivity contribution < 1.29 is 0 Å². The third kappa shape index (κ3) is 4.58. The van der Waals surface area contributed by atoms with Crippen molar-refractivity contribution in [3.63, 3.8) is 0 Å². The standard InChI is InChI=1S/C15H27N/c1-4-6-7-11-15(16-5-2)14-10-8-9-13(3)12-14/h13-16H,5,7-12H2,1-3H3. The van der Waals surface area contributed by atoms with Crippen LogP contribution in [0.5, 0.6) is 0 Å². The molecule has 1 aliphatic rings. The number of rotatable bonds is 5. The molecule has 0 aliphatic heterocycles. The van der Waals surface area contributed by atoms with Crippen LogP contribution in [0.25, 0.3) is 0 Å². The summed E-state index contributed by atoms with van der Waals surface area (Å²) in [4.78, 5) is 0. The molecule has 0 bridgehead atoms. The molecule has 3 unspecified atom stereocenters. The minimum Gasteiger partial charge on any atom is -0.314 e. The summed E-state index contributed by atoms with van der Waals surface area (Å²) in [5.41, 5.74) is 0. The first-order valence-electron chi connectivity index (χ1n) is 6.90. The highest BCUT2D eigenvalue weighted by Gasteiger charge is 2.25. The smallest absolute Gasteiger partial charge is 0.0104 e. The van der Waals surface area contributed by atoms with Crippen LogP contribution in [0.2, 0.25) is 0 Å². The fourth-order valence-electron chi connectivity index (χ4n) is 2.97. The van der Waals surface area contributed by atoms with Crippen LogP contribution in [-0.4, -0.2) is 12.6 Å². The molecular formula is C15H27N. The van der Waals surface area contributed by atoms with Crippen molar-refractivity contribution in [2.75, 3.05) is 6.54 Å². The molecule has 1 N–H and O–H groups in total. The molecule has 1 fully saturated rings. The second-order valence-corrected chi connectivity index (χ2v) is 5.16. The molecule has 1 heteroatoms. The molecule has 92 valence electrons. The zero-order chi connectivity index (χ0) is 11.8. The third-order valence-electron chi connectivity index (χ3n) is 3.77. The fraction of sp³-hybridized carbons (Fsp3) is 0.867. The van der Waals surface area contributed by atoms with Gasteiger partial charge in [0.15, 0.2) is 0 Å². The van der Waals surface area contributed by atoms with Crippen LogP contribution in [0.1, 0.15) is 59.3 Å². The predicted molar refractivity (Wildman–Crippen MR) is 71.3 cm³/mol. The quantitative estimate of drug-likeness (QED) is 0.700. The molecule has 0 spiro atoms. The highest BCUT2D eigenvalue weighted by Crippen LogP contribution is 2.32. The molecule has 0 amide bonds. The summed E-state index contributed by atoms with van der Waals surface area (Å²) in [6.07, 6.45) is 7.97. The fourth-order valence-corrected chi connectivity index (χ4v) is 2.97. The lowest BCUT2D eigenvalue weighted by atomic mass is 9.77. The average Bonchev–Trinajstić information content (AvgIpc) is 2.28. The van der Waals surface area contributed by atoms with Gasteiger partial charge in [-0.2, -0.15) is 0 Å². The first kappa shape index (κ1) is 13.6. The maximum absolute atomic E-state index is 3.66. The van der Waals surface area contributed by atoms with Gasteiger partial charge in [-0.3, -0.25) is 0 Å². The zero-order valence-electron chi connectivity index (χ0n) is 11.2. The Hall–Kier alpha value is -0.480. The van der Waals surface area contributed by atoms with E-state index >= 15 is 0 Å². The van der Waals surface area contributed by atoms with Crippen LogP contribution in [-0.2, 0) is 0 Å². The monoisotopic (exact) mass is 221 g/mol. The lowest BCUT2D eigenvalue weighted by Gasteiger charge is -2.33. The molecule has 0 saturated heterocycles. The molecule has 16 heavy (non-hydrogen) atoms. The van der Waals surface area contributed by atoms with Gasteiger partial charge >= 0.3 is 0 Å². The Kier molecular flexibility index (Phi) is 6.57. The molecule has 1 saturated carbocycles. The van der Waals surface area contributed by atoms with Crippen LogP contribution < -0.4 is 5.32 Å². The minimum absolute atomic E-state index is 0.702. The molecule has 0 aromatic rings. The summed E-state index contributed by atoms with van der Waals surface area (Å²) in [7, 11) is 0. The maximum atomic E-state index is 3.66. The molecule has 1 nitrogen and oxygen atoms in total. The zero-order valence-corrected chi connectivity index (χ0v) is 11.2. The summed E-state index contributed by atoms with van der Waals surface area (Å²) >= 11 is 0. The molecule has 0 aromatic heterocycles. The Morgan fingerprint density at radius 3 is 2.81 bits per heavy atom. The van der Waals surface area contributed by atoms with E-state index < -0.39 is 0 Å². The van der Waals surface area contributed by atoms with E-state index in [1.165, 1.54) is 32.1 Å². The van der Waals surface area contributed by atoms with Crippen LogP contribution in [0.3, 0.4) is 0 Å². The van der Waals surface area contributed by atoms with Crippen molar-refractivity contribution in [1.29, 1.82) is 0 Å². The van der Waals surface area contributed by atoms with Gasteiger partial charge in [0, 0.05) is 12.5 Å². The van der Waals surface area contributed by atoms with E-state index in [0.717, 1.165) is 24.8 Å². The SMILES string of the molecule is CC#CCCC(NCC)C1CCCC(C)C1. The third-order valence-corrected chi connectivity index (χ3v) is 3.77. The van der Waals surface area contributed by atoms with E-state index in [1.807, 2.05) is 6.92 Å². The lowest BCUT2D eigenvalue weighted by Crippen LogP contribution is -2.38. The molecule has 0 heterocycles. The Morgan fingerprint density at radius 2 is 2.19 bits per heavy atom. The summed E-state index contributed by atoms with van der Waals surface area (Å²) in [6, 6.07) is 0.702. The van der Waals surface area contributed by atoms with Crippen LogP contribution in [0, 0.1) is 23.7 Å². The van der Waals surface area contributed by atoms with Crippen LogP contribution >= 0.6 is 0 Å². The molecule has 0 radical (unpaired) electrons.